The van der Waals surface area contributed by atoms with E-state index in [1.54, 1.807) is 17.9 Å². The van der Waals surface area contributed by atoms with Crippen LogP contribution in [0.1, 0.15) is 32.9 Å². The maximum absolute atomic E-state index is 14.8. The minimum absolute atomic E-state index is 0.0645. The molecule has 0 saturated carbocycles. The summed E-state index contributed by atoms with van der Waals surface area (Å²) in [6, 6.07) is 2.57. The van der Waals surface area contributed by atoms with Crippen molar-refractivity contribution in [2.24, 2.45) is 0 Å². The number of hydrogen-bond acceptors (Lipinski definition) is 7. The summed E-state index contributed by atoms with van der Waals surface area (Å²) in [5.41, 5.74) is 3.46. The fraction of sp³-hybridized carbons (Fsp3) is 0.444. The Kier molecular flexibility index (Phi) is 7.80. The summed E-state index contributed by atoms with van der Waals surface area (Å²) in [7, 11) is 1.36. The minimum atomic E-state index is -0.690. The van der Waals surface area contributed by atoms with Crippen LogP contribution >= 0.6 is 0 Å². The van der Waals surface area contributed by atoms with Gasteiger partial charge < -0.3 is 35.1 Å². The molecular formula is C27H32FN5O6. The van der Waals surface area contributed by atoms with E-state index in [1.807, 2.05) is 0 Å². The molecule has 11 nitrogen and oxygen atoms in total. The zero-order valence-corrected chi connectivity index (χ0v) is 21.9. The lowest BCUT2D eigenvalue weighted by molar-refractivity contribution is -0.119. The highest BCUT2D eigenvalue weighted by Gasteiger charge is 2.32. The molecule has 3 aliphatic heterocycles. The molecule has 0 radical (unpaired) electrons. The number of carbonyl (C=O) groups is 3. The second kappa shape index (κ2) is 11.3. The summed E-state index contributed by atoms with van der Waals surface area (Å²) < 4.78 is 24.9. The first-order valence-corrected chi connectivity index (χ1v) is 12.9. The SMILES string of the molecule is COCC(=O)Nc1cc2c(cc1F)/C(=C/c1[nH]c3c(c1C)C(=O)N(C[C@@H](O)CN1CCOCC1)CC3)C(=O)N2. The van der Waals surface area contributed by atoms with Crippen molar-refractivity contribution < 1.29 is 33.4 Å². The molecule has 4 N–H and O–H groups in total. The molecular weight excluding hydrogens is 509 g/mol. The van der Waals surface area contributed by atoms with E-state index in [0.717, 1.165) is 18.8 Å². The predicted octanol–water partition coefficient (Wildman–Crippen LogP) is 1.23. The standard InChI is InChI=1S/C27H32FN5O6/c1-15-21(10-18-17-9-19(28)23(30-24(35)14-38-2)11-22(17)31-26(18)36)29-20-3-4-33(27(37)25(15)20)13-16(34)12-32-5-7-39-8-6-32/h9-11,16,29,34H,3-8,12-14H2,1-2H3,(H,30,35)(H,31,36)/b18-10-/t16-/m0/s1. The number of carbonyl (C=O) groups excluding carboxylic acids is 3. The van der Waals surface area contributed by atoms with E-state index < -0.39 is 23.7 Å². The lowest BCUT2D eigenvalue weighted by Gasteiger charge is -2.32. The molecule has 5 rings (SSSR count). The van der Waals surface area contributed by atoms with Crippen molar-refractivity contribution in [3.05, 3.63) is 46.0 Å². The minimum Gasteiger partial charge on any atom is -0.390 e. The Morgan fingerprint density at radius 3 is 2.77 bits per heavy atom. The van der Waals surface area contributed by atoms with Crippen LogP contribution in [-0.4, -0.2) is 103 Å². The lowest BCUT2D eigenvalue weighted by atomic mass is 10.0. The van der Waals surface area contributed by atoms with E-state index in [1.165, 1.54) is 19.2 Å². The van der Waals surface area contributed by atoms with Crippen molar-refractivity contribution in [1.82, 2.24) is 14.8 Å². The molecule has 1 atom stereocenters. The Morgan fingerprint density at radius 1 is 1.26 bits per heavy atom. The number of anilines is 2. The first-order chi connectivity index (χ1) is 18.7. The number of halogens is 1. The Balaban J connectivity index is 1.34. The van der Waals surface area contributed by atoms with Crippen LogP contribution in [-0.2, 0) is 25.5 Å². The third-order valence-corrected chi connectivity index (χ3v) is 7.23. The van der Waals surface area contributed by atoms with E-state index >= 15 is 0 Å². The zero-order valence-electron chi connectivity index (χ0n) is 21.9. The van der Waals surface area contributed by atoms with E-state index in [2.05, 4.69) is 20.5 Å². The summed E-state index contributed by atoms with van der Waals surface area (Å²) in [5.74, 6) is -1.80. The van der Waals surface area contributed by atoms with E-state index in [9.17, 15) is 23.9 Å². The van der Waals surface area contributed by atoms with Gasteiger partial charge in [0, 0.05) is 63.2 Å². The van der Waals surface area contributed by atoms with Crippen molar-refractivity contribution in [1.29, 1.82) is 0 Å². The van der Waals surface area contributed by atoms with Crippen molar-refractivity contribution >= 4 is 40.7 Å². The molecule has 1 aromatic carbocycles. The number of H-pyrrole nitrogens is 1. The van der Waals surface area contributed by atoms with Gasteiger partial charge in [-0.2, -0.15) is 0 Å². The summed E-state index contributed by atoms with van der Waals surface area (Å²) in [4.78, 5) is 45.0. The Bertz CT molecular complexity index is 1330. The van der Waals surface area contributed by atoms with Crippen LogP contribution in [0, 0.1) is 12.7 Å². The average molecular weight is 542 g/mol. The smallest absolute Gasteiger partial charge is 0.256 e. The van der Waals surface area contributed by atoms with Gasteiger partial charge in [-0.1, -0.05) is 0 Å². The fourth-order valence-electron chi connectivity index (χ4n) is 5.29. The number of ether oxygens (including phenoxy) is 2. The maximum Gasteiger partial charge on any atom is 0.256 e. The Morgan fingerprint density at radius 2 is 2.03 bits per heavy atom. The number of nitrogens with one attached hydrogen (secondary N) is 3. The molecule has 0 spiro atoms. The zero-order chi connectivity index (χ0) is 27.7. The molecule has 0 aliphatic carbocycles. The second-order valence-electron chi connectivity index (χ2n) is 9.96. The van der Waals surface area contributed by atoms with Crippen molar-refractivity contribution in [2.45, 2.75) is 19.4 Å². The number of hydrogen-bond donors (Lipinski definition) is 4. The van der Waals surface area contributed by atoms with Gasteiger partial charge in [0.15, 0.2) is 0 Å². The number of aromatic amines is 1. The number of morpholine rings is 1. The molecule has 39 heavy (non-hydrogen) atoms. The highest BCUT2D eigenvalue weighted by molar-refractivity contribution is 6.35. The van der Waals surface area contributed by atoms with Crippen LogP contribution in [0.15, 0.2) is 12.1 Å². The molecule has 4 heterocycles. The number of β-amino-alcohol motifs (C(OH)–C–C–N with tert-alkyl or cyclic N) is 1. The molecule has 2 aromatic rings. The van der Waals surface area contributed by atoms with E-state index in [-0.39, 0.29) is 30.3 Å². The third kappa shape index (κ3) is 5.59. The van der Waals surface area contributed by atoms with Crippen LogP contribution in [0.4, 0.5) is 15.8 Å². The maximum atomic E-state index is 14.8. The van der Waals surface area contributed by atoms with Gasteiger partial charge in [-0.15, -0.1) is 0 Å². The van der Waals surface area contributed by atoms with Gasteiger partial charge in [-0.25, -0.2) is 4.39 Å². The van der Waals surface area contributed by atoms with E-state index in [4.69, 9.17) is 9.47 Å². The first kappa shape index (κ1) is 27.0. The summed E-state index contributed by atoms with van der Waals surface area (Å²) in [6.07, 6.45) is 1.52. The van der Waals surface area contributed by atoms with Gasteiger partial charge in [0.1, 0.15) is 12.4 Å². The number of methoxy groups -OCH3 is 1. The Hall–Kier alpha value is -3.58. The number of aliphatic hydroxyl groups excluding tert-OH is 1. The van der Waals surface area contributed by atoms with Gasteiger partial charge in [0.25, 0.3) is 11.8 Å². The van der Waals surface area contributed by atoms with Crippen molar-refractivity contribution in [2.75, 3.05) is 70.3 Å². The molecule has 12 heteroatoms. The number of aromatic nitrogens is 1. The lowest BCUT2D eigenvalue weighted by Crippen LogP contribution is -2.47. The van der Waals surface area contributed by atoms with Gasteiger partial charge >= 0.3 is 0 Å². The summed E-state index contributed by atoms with van der Waals surface area (Å²) >= 11 is 0. The topological polar surface area (TPSA) is 136 Å². The quantitative estimate of drug-likeness (QED) is 0.369. The normalized spacial score (nSPS) is 19.2. The summed E-state index contributed by atoms with van der Waals surface area (Å²) in [6.45, 7) is 5.55. The van der Waals surface area contributed by atoms with Gasteiger partial charge in [0.2, 0.25) is 5.91 Å². The Labute approximate surface area is 224 Å². The molecule has 3 aliphatic rings. The van der Waals surface area contributed by atoms with Crippen LogP contribution < -0.4 is 10.6 Å². The molecule has 1 fully saturated rings. The molecule has 0 unspecified atom stereocenters. The number of aliphatic hydroxyl groups is 1. The first-order valence-electron chi connectivity index (χ1n) is 12.9. The summed E-state index contributed by atoms with van der Waals surface area (Å²) in [5, 5.41) is 15.8. The number of fused-ring (bicyclic) bond motifs is 2. The fourth-order valence-corrected chi connectivity index (χ4v) is 5.29. The van der Waals surface area contributed by atoms with Crippen molar-refractivity contribution in [3.63, 3.8) is 0 Å². The number of nitrogens with zero attached hydrogens (tertiary/aromatic N) is 2. The third-order valence-electron chi connectivity index (χ3n) is 7.23. The molecule has 0 bridgehead atoms. The van der Waals surface area contributed by atoms with Crippen LogP contribution in [0.5, 0.6) is 0 Å². The van der Waals surface area contributed by atoms with E-state index in [0.29, 0.717) is 60.8 Å². The van der Waals surface area contributed by atoms with Gasteiger partial charge in [-0.3, -0.25) is 19.3 Å². The molecule has 3 amide bonds. The monoisotopic (exact) mass is 541 g/mol. The molecule has 208 valence electrons. The van der Waals surface area contributed by atoms with Crippen LogP contribution in [0.3, 0.4) is 0 Å². The molecule has 1 saturated heterocycles. The van der Waals surface area contributed by atoms with Crippen LogP contribution in [0.25, 0.3) is 11.6 Å². The van der Waals surface area contributed by atoms with Gasteiger partial charge in [-0.05, 0) is 30.7 Å². The van der Waals surface area contributed by atoms with Crippen molar-refractivity contribution in [3.8, 4) is 0 Å². The number of rotatable bonds is 8. The second-order valence-corrected chi connectivity index (χ2v) is 9.96. The van der Waals surface area contributed by atoms with Crippen LogP contribution in [0.2, 0.25) is 0 Å². The number of amides is 3. The molecule has 1 aromatic heterocycles. The largest absolute Gasteiger partial charge is 0.390 e. The number of benzene rings is 1. The highest BCUT2D eigenvalue weighted by Crippen LogP contribution is 2.37. The highest BCUT2D eigenvalue weighted by atomic mass is 19.1. The predicted molar refractivity (Wildman–Crippen MR) is 142 cm³/mol. The van der Waals surface area contributed by atoms with Gasteiger partial charge in [0.05, 0.1) is 41.8 Å². The average Bonchev–Trinajstić information content (AvgIpc) is 3.37.